The van der Waals surface area contributed by atoms with Crippen molar-refractivity contribution in [1.29, 1.82) is 0 Å². The fourth-order valence-corrected chi connectivity index (χ4v) is 3.55. The van der Waals surface area contributed by atoms with Crippen LogP contribution in [-0.2, 0) is 11.3 Å². The molecule has 0 atom stereocenters. The highest BCUT2D eigenvalue weighted by Crippen LogP contribution is 2.22. The molecular formula is C17H19N3O3S. The van der Waals surface area contributed by atoms with Crippen LogP contribution in [0.5, 0.6) is 0 Å². The van der Waals surface area contributed by atoms with E-state index in [1.807, 2.05) is 4.57 Å². The molecule has 2 aromatic heterocycles. The molecule has 0 saturated carbocycles. The van der Waals surface area contributed by atoms with Gasteiger partial charge in [0.2, 0.25) is 0 Å². The second-order valence-corrected chi connectivity index (χ2v) is 6.68. The lowest BCUT2D eigenvalue weighted by Crippen LogP contribution is -2.19. The average molecular weight is 345 g/mol. The van der Waals surface area contributed by atoms with E-state index >= 15 is 0 Å². The summed E-state index contributed by atoms with van der Waals surface area (Å²) >= 11 is 1.49. The minimum atomic E-state index is -0.405. The highest BCUT2D eigenvalue weighted by Gasteiger charge is 2.13. The van der Waals surface area contributed by atoms with Gasteiger partial charge in [0.1, 0.15) is 5.76 Å². The lowest BCUT2D eigenvalue weighted by molar-refractivity contribution is 0.0988. The zero-order valence-electron chi connectivity index (χ0n) is 14.1. The predicted octanol–water partition coefficient (Wildman–Crippen LogP) is 3.00. The topological polar surface area (TPSA) is 69.6 Å². The molecule has 3 aromatic rings. The van der Waals surface area contributed by atoms with Gasteiger partial charge in [-0.05, 0) is 44.0 Å². The summed E-state index contributed by atoms with van der Waals surface area (Å²) in [5.74, 6) is 0.182. The van der Waals surface area contributed by atoms with E-state index in [1.54, 1.807) is 20.1 Å². The zero-order valence-corrected chi connectivity index (χ0v) is 14.9. The third-order valence-corrected chi connectivity index (χ3v) is 4.90. The number of carbonyl (C=O) groups excluding carboxylic acids is 1. The normalized spacial score (nSPS) is 12.2. The molecule has 0 aliphatic carbocycles. The Kier molecular flexibility index (Phi) is 4.64. The number of hydrogen-bond donors (Lipinski definition) is 0. The van der Waals surface area contributed by atoms with Gasteiger partial charge in [-0.1, -0.05) is 16.5 Å². The summed E-state index contributed by atoms with van der Waals surface area (Å²) in [6.07, 6.45) is 0. The lowest BCUT2D eigenvalue weighted by atomic mass is 10.1. The summed E-state index contributed by atoms with van der Waals surface area (Å²) in [6, 6.07) is 5.84. The molecule has 1 aromatic carbocycles. The van der Waals surface area contributed by atoms with Gasteiger partial charge in [-0.2, -0.15) is 4.99 Å². The van der Waals surface area contributed by atoms with E-state index in [0.29, 0.717) is 23.7 Å². The van der Waals surface area contributed by atoms with Gasteiger partial charge >= 0.3 is 5.91 Å². The van der Waals surface area contributed by atoms with Crippen molar-refractivity contribution in [3.8, 4) is 0 Å². The number of ether oxygens (including phenoxy) is 1. The van der Waals surface area contributed by atoms with Crippen LogP contribution in [0.4, 0.5) is 0 Å². The molecule has 0 N–H and O–H groups in total. The van der Waals surface area contributed by atoms with Crippen molar-refractivity contribution in [2.24, 2.45) is 4.99 Å². The molecule has 3 rings (SSSR count). The van der Waals surface area contributed by atoms with Crippen LogP contribution in [0.2, 0.25) is 0 Å². The average Bonchev–Trinajstić information content (AvgIpc) is 3.10. The van der Waals surface area contributed by atoms with Crippen LogP contribution in [0, 0.1) is 20.8 Å². The van der Waals surface area contributed by atoms with Crippen molar-refractivity contribution in [2.45, 2.75) is 27.3 Å². The molecule has 7 heteroatoms. The van der Waals surface area contributed by atoms with Crippen molar-refractivity contribution in [2.75, 3.05) is 13.7 Å². The molecule has 0 radical (unpaired) electrons. The molecular weight excluding hydrogens is 326 g/mol. The number of rotatable bonds is 4. The van der Waals surface area contributed by atoms with Gasteiger partial charge in [0.15, 0.2) is 10.5 Å². The standard InChI is InChI=1S/C17H19N3O3S/c1-10-7-14-15(8-11(10)2)24-17(20(14)5-6-22-4)18-16(21)13-9-12(3)23-19-13/h7-9H,5-6H2,1-4H3. The minimum absolute atomic E-state index is 0.218. The first-order valence-corrected chi connectivity index (χ1v) is 8.43. The molecule has 0 saturated heterocycles. The maximum atomic E-state index is 12.3. The van der Waals surface area contributed by atoms with Crippen molar-refractivity contribution in [3.63, 3.8) is 0 Å². The van der Waals surface area contributed by atoms with E-state index in [-0.39, 0.29) is 5.69 Å². The fraction of sp³-hybridized carbons (Fsp3) is 0.353. The Balaban J connectivity index is 2.14. The van der Waals surface area contributed by atoms with Crippen LogP contribution >= 0.6 is 11.3 Å². The molecule has 0 unspecified atom stereocenters. The van der Waals surface area contributed by atoms with E-state index in [4.69, 9.17) is 9.26 Å². The Morgan fingerprint density at radius 3 is 2.71 bits per heavy atom. The summed E-state index contributed by atoms with van der Waals surface area (Å²) in [6.45, 7) is 7.07. The number of methoxy groups -OCH3 is 1. The quantitative estimate of drug-likeness (QED) is 0.729. The molecule has 0 bridgehead atoms. The van der Waals surface area contributed by atoms with E-state index in [0.717, 1.165) is 10.2 Å². The van der Waals surface area contributed by atoms with Crippen LogP contribution in [0.1, 0.15) is 27.4 Å². The number of fused-ring (bicyclic) bond motifs is 1. The maximum Gasteiger partial charge on any atom is 0.301 e. The summed E-state index contributed by atoms with van der Waals surface area (Å²) in [4.78, 5) is 17.2. The van der Waals surface area contributed by atoms with E-state index in [9.17, 15) is 4.79 Å². The fourth-order valence-electron chi connectivity index (χ4n) is 2.42. The minimum Gasteiger partial charge on any atom is -0.383 e. The Hall–Kier alpha value is -2.25. The maximum absolute atomic E-state index is 12.3. The molecule has 24 heavy (non-hydrogen) atoms. The second-order valence-electron chi connectivity index (χ2n) is 5.67. The summed E-state index contributed by atoms with van der Waals surface area (Å²) in [5, 5.41) is 3.74. The molecule has 0 spiro atoms. The van der Waals surface area contributed by atoms with Gasteiger partial charge in [0.05, 0.1) is 16.8 Å². The van der Waals surface area contributed by atoms with Gasteiger partial charge < -0.3 is 13.8 Å². The van der Waals surface area contributed by atoms with Crippen LogP contribution in [-0.4, -0.2) is 29.3 Å². The van der Waals surface area contributed by atoms with Gasteiger partial charge in [0, 0.05) is 19.7 Å². The molecule has 1 amide bonds. The highest BCUT2D eigenvalue weighted by atomic mass is 32.1. The summed E-state index contributed by atoms with van der Waals surface area (Å²) in [7, 11) is 1.66. The van der Waals surface area contributed by atoms with Crippen molar-refractivity contribution < 1.29 is 14.1 Å². The molecule has 2 heterocycles. The SMILES string of the molecule is COCCn1c(=NC(=O)c2cc(C)on2)sc2cc(C)c(C)cc21. The molecule has 126 valence electrons. The molecule has 0 fully saturated rings. The van der Waals surface area contributed by atoms with E-state index < -0.39 is 5.91 Å². The Bertz CT molecular complexity index is 965. The van der Waals surface area contributed by atoms with Gasteiger partial charge in [-0.25, -0.2) is 0 Å². The summed E-state index contributed by atoms with van der Waals surface area (Å²) in [5.41, 5.74) is 3.70. The van der Waals surface area contributed by atoms with E-state index in [1.165, 1.54) is 22.5 Å². The van der Waals surface area contributed by atoms with E-state index in [2.05, 4.69) is 36.1 Å². The van der Waals surface area contributed by atoms with Gasteiger partial charge in [-0.15, -0.1) is 0 Å². The van der Waals surface area contributed by atoms with Crippen molar-refractivity contribution >= 4 is 27.5 Å². The summed E-state index contributed by atoms with van der Waals surface area (Å²) < 4.78 is 13.3. The smallest absolute Gasteiger partial charge is 0.301 e. The van der Waals surface area contributed by atoms with Crippen LogP contribution < -0.4 is 4.80 Å². The largest absolute Gasteiger partial charge is 0.383 e. The van der Waals surface area contributed by atoms with Crippen molar-refractivity contribution in [1.82, 2.24) is 9.72 Å². The predicted molar refractivity (Wildman–Crippen MR) is 92.3 cm³/mol. The van der Waals surface area contributed by atoms with Gasteiger partial charge in [0.25, 0.3) is 0 Å². The molecule has 6 nitrogen and oxygen atoms in total. The Morgan fingerprint density at radius 1 is 1.29 bits per heavy atom. The Labute approximate surface area is 143 Å². The first-order valence-electron chi connectivity index (χ1n) is 7.61. The number of hydrogen-bond acceptors (Lipinski definition) is 5. The Morgan fingerprint density at radius 2 is 2.04 bits per heavy atom. The number of amides is 1. The number of carbonyl (C=O) groups is 1. The number of nitrogens with zero attached hydrogens (tertiary/aromatic N) is 3. The number of aromatic nitrogens is 2. The number of benzene rings is 1. The van der Waals surface area contributed by atoms with Crippen LogP contribution in [0.25, 0.3) is 10.2 Å². The number of thiazole rings is 1. The molecule has 0 aliphatic rings. The first kappa shape index (κ1) is 16.6. The first-order chi connectivity index (χ1) is 11.5. The second kappa shape index (κ2) is 6.70. The third-order valence-electron chi connectivity index (χ3n) is 3.86. The monoisotopic (exact) mass is 345 g/mol. The van der Waals surface area contributed by atoms with Crippen molar-refractivity contribution in [3.05, 3.63) is 45.6 Å². The zero-order chi connectivity index (χ0) is 17.3. The van der Waals surface area contributed by atoms with Crippen LogP contribution in [0.3, 0.4) is 0 Å². The van der Waals surface area contributed by atoms with Gasteiger partial charge in [-0.3, -0.25) is 4.79 Å². The lowest BCUT2D eigenvalue weighted by Gasteiger charge is -2.06. The third kappa shape index (κ3) is 3.18. The number of aryl methyl sites for hydroxylation is 3. The highest BCUT2D eigenvalue weighted by molar-refractivity contribution is 7.16. The molecule has 0 aliphatic heterocycles. The van der Waals surface area contributed by atoms with Crippen LogP contribution in [0.15, 0.2) is 27.7 Å².